The average Bonchev–Trinajstić information content (AvgIpc) is 2.92. The Morgan fingerprint density at radius 3 is 2.64 bits per heavy atom. The zero-order valence-electron chi connectivity index (χ0n) is 12.6. The van der Waals surface area contributed by atoms with Gasteiger partial charge in [0.2, 0.25) is 5.60 Å². The molecule has 0 saturated heterocycles. The van der Waals surface area contributed by atoms with Crippen LogP contribution in [0.15, 0.2) is 29.4 Å². The van der Waals surface area contributed by atoms with Crippen LogP contribution in [0.3, 0.4) is 0 Å². The van der Waals surface area contributed by atoms with E-state index in [-0.39, 0.29) is 24.6 Å². The Morgan fingerprint density at radius 2 is 2.05 bits per heavy atom. The fourth-order valence-corrected chi connectivity index (χ4v) is 2.44. The largest absolute Gasteiger partial charge is 0.466 e. The van der Waals surface area contributed by atoms with Gasteiger partial charge in [0.1, 0.15) is 0 Å². The summed E-state index contributed by atoms with van der Waals surface area (Å²) in [6, 6.07) is 7.16. The van der Waals surface area contributed by atoms with Crippen LogP contribution in [-0.2, 0) is 19.2 Å². The van der Waals surface area contributed by atoms with Crippen molar-refractivity contribution >= 4 is 29.1 Å². The molecule has 0 aliphatic carbocycles. The van der Waals surface area contributed by atoms with E-state index < -0.39 is 5.60 Å². The summed E-state index contributed by atoms with van der Waals surface area (Å²) < 4.78 is 4.89. The number of nitrogens with zero attached hydrogens (tertiary/aromatic N) is 1. The van der Waals surface area contributed by atoms with Crippen molar-refractivity contribution in [1.29, 1.82) is 0 Å². The van der Waals surface area contributed by atoms with E-state index in [1.165, 1.54) is 6.92 Å². The lowest BCUT2D eigenvalue weighted by Gasteiger charge is -2.22. The molecule has 1 aromatic rings. The normalized spacial score (nSPS) is 20.2. The molecule has 1 heterocycles. The second-order valence-corrected chi connectivity index (χ2v) is 5.60. The van der Waals surface area contributed by atoms with Gasteiger partial charge in [-0.3, -0.25) is 9.59 Å². The highest BCUT2D eigenvalue weighted by Crippen LogP contribution is 2.32. The van der Waals surface area contributed by atoms with E-state index in [0.29, 0.717) is 23.8 Å². The van der Waals surface area contributed by atoms with Crippen LogP contribution in [0.5, 0.6) is 0 Å². The van der Waals surface area contributed by atoms with Gasteiger partial charge in [-0.1, -0.05) is 28.9 Å². The molecule has 6 heteroatoms. The molecule has 1 aliphatic heterocycles. The molecule has 2 rings (SSSR count). The van der Waals surface area contributed by atoms with E-state index in [1.54, 1.807) is 19.1 Å². The molecule has 1 unspecified atom stereocenters. The first-order valence-electron chi connectivity index (χ1n) is 7.14. The third-order valence-electron chi connectivity index (χ3n) is 3.64. The van der Waals surface area contributed by atoms with Crippen molar-refractivity contribution in [3.8, 4) is 0 Å². The van der Waals surface area contributed by atoms with Crippen LogP contribution in [0.1, 0.15) is 38.7 Å². The van der Waals surface area contributed by atoms with Crippen molar-refractivity contribution in [3.05, 3.63) is 34.9 Å². The van der Waals surface area contributed by atoms with Crippen LogP contribution in [0.4, 0.5) is 0 Å². The predicted octanol–water partition coefficient (Wildman–Crippen LogP) is 3.14. The lowest BCUT2D eigenvalue weighted by atomic mass is 9.87. The van der Waals surface area contributed by atoms with Crippen LogP contribution in [0.25, 0.3) is 0 Å². The SMILES string of the molecule is CCOC(=O)CCC1(C(C)=O)CC(c2ccc(Cl)cc2)=NO1. The lowest BCUT2D eigenvalue weighted by molar-refractivity contribution is -0.148. The zero-order valence-corrected chi connectivity index (χ0v) is 13.4. The van der Waals surface area contributed by atoms with Crippen molar-refractivity contribution in [2.75, 3.05) is 6.61 Å². The molecule has 0 spiro atoms. The van der Waals surface area contributed by atoms with Gasteiger partial charge in [0.25, 0.3) is 0 Å². The van der Waals surface area contributed by atoms with Crippen molar-refractivity contribution < 1.29 is 19.2 Å². The number of esters is 1. The van der Waals surface area contributed by atoms with Crippen LogP contribution in [0, 0.1) is 0 Å². The van der Waals surface area contributed by atoms with Crippen molar-refractivity contribution in [3.63, 3.8) is 0 Å². The van der Waals surface area contributed by atoms with Gasteiger partial charge in [-0.25, -0.2) is 0 Å². The number of carbonyl (C=O) groups excluding carboxylic acids is 2. The quantitative estimate of drug-likeness (QED) is 0.754. The number of oxime groups is 1. The molecular formula is C16H18ClNO4. The number of benzene rings is 1. The summed E-state index contributed by atoms with van der Waals surface area (Å²) in [5, 5.41) is 4.66. The molecule has 22 heavy (non-hydrogen) atoms. The maximum Gasteiger partial charge on any atom is 0.305 e. The second kappa shape index (κ2) is 6.92. The van der Waals surface area contributed by atoms with E-state index in [2.05, 4.69) is 5.16 Å². The monoisotopic (exact) mass is 323 g/mol. The molecule has 1 atom stereocenters. The molecule has 0 fully saturated rings. The second-order valence-electron chi connectivity index (χ2n) is 5.17. The summed E-state index contributed by atoms with van der Waals surface area (Å²) >= 11 is 5.86. The Balaban J connectivity index is 2.07. The fraction of sp³-hybridized carbons (Fsp3) is 0.438. The highest BCUT2D eigenvalue weighted by atomic mass is 35.5. The minimum atomic E-state index is -1.08. The Labute approximate surface area is 134 Å². The van der Waals surface area contributed by atoms with Gasteiger partial charge in [-0.05, 0) is 31.5 Å². The van der Waals surface area contributed by atoms with Gasteiger partial charge in [0.15, 0.2) is 5.78 Å². The first-order valence-corrected chi connectivity index (χ1v) is 7.52. The number of hydrogen-bond donors (Lipinski definition) is 0. The summed E-state index contributed by atoms with van der Waals surface area (Å²) in [6.07, 6.45) is 0.710. The van der Waals surface area contributed by atoms with Gasteiger partial charge in [-0.15, -0.1) is 0 Å². The van der Waals surface area contributed by atoms with Crippen LogP contribution >= 0.6 is 11.6 Å². The Bertz CT molecular complexity index is 597. The number of halogens is 1. The highest BCUT2D eigenvalue weighted by molar-refractivity contribution is 6.30. The predicted molar refractivity (Wildman–Crippen MR) is 83.0 cm³/mol. The van der Waals surface area contributed by atoms with Crippen LogP contribution in [0.2, 0.25) is 5.02 Å². The van der Waals surface area contributed by atoms with E-state index in [4.69, 9.17) is 21.2 Å². The molecular weight excluding hydrogens is 306 g/mol. The first-order chi connectivity index (χ1) is 10.5. The average molecular weight is 324 g/mol. The molecule has 0 bridgehead atoms. The molecule has 0 radical (unpaired) electrons. The number of carbonyl (C=O) groups is 2. The van der Waals surface area contributed by atoms with Crippen LogP contribution in [-0.4, -0.2) is 29.7 Å². The van der Waals surface area contributed by atoms with Gasteiger partial charge in [0, 0.05) is 24.3 Å². The zero-order chi connectivity index (χ0) is 16.2. The molecule has 1 aliphatic rings. The number of rotatable bonds is 6. The van der Waals surface area contributed by atoms with E-state index >= 15 is 0 Å². The van der Waals surface area contributed by atoms with Crippen molar-refractivity contribution in [2.45, 2.75) is 38.7 Å². The number of Topliss-reactive ketones (excluding diaryl/α,β-unsaturated/α-hetero) is 1. The van der Waals surface area contributed by atoms with Gasteiger partial charge in [0.05, 0.1) is 12.3 Å². The third-order valence-corrected chi connectivity index (χ3v) is 3.89. The minimum absolute atomic E-state index is 0.122. The van der Waals surface area contributed by atoms with Gasteiger partial charge < -0.3 is 9.57 Å². The number of ketones is 1. The maximum atomic E-state index is 12.0. The first kappa shape index (κ1) is 16.5. The smallest absolute Gasteiger partial charge is 0.305 e. The lowest BCUT2D eigenvalue weighted by Crippen LogP contribution is -2.38. The molecule has 5 nitrogen and oxygen atoms in total. The van der Waals surface area contributed by atoms with E-state index in [0.717, 1.165) is 5.56 Å². The van der Waals surface area contributed by atoms with Crippen LogP contribution < -0.4 is 0 Å². The summed E-state index contributed by atoms with van der Waals surface area (Å²) in [4.78, 5) is 28.9. The maximum absolute atomic E-state index is 12.0. The summed E-state index contributed by atoms with van der Waals surface area (Å²) in [5.74, 6) is -0.490. The van der Waals surface area contributed by atoms with E-state index in [9.17, 15) is 9.59 Å². The molecule has 0 N–H and O–H groups in total. The highest BCUT2D eigenvalue weighted by Gasteiger charge is 2.44. The Morgan fingerprint density at radius 1 is 1.36 bits per heavy atom. The van der Waals surface area contributed by atoms with E-state index in [1.807, 2.05) is 12.1 Å². The number of ether oxygens (including phenoxy) is 1. The fourth-order valence-electron chi connectivity index (χ4n) is 2.31. The molecule has 118 valence electrons. The van der Waals surface area contributed by atoms with Crippen molar-refractivity contribution in [1.82, 2.24) is 0 Å². The van der Waals surface area contributed by atoms with Gasteiger partial charge >= 0.3 is 5.97 Å². The Hall–Kier alpha value is -1.88. The number of hydrogen-bond acceptors (Lipinski definition) is 5. The summed E-state index contributed by atoms with van der Waals surface area (Å²) in [6.45, 7) is 3.51. The summed E-state index contributed by atoms with van der Waals surface area (Å²) in [5.41, 5.74) is 0.446. The summed E-state index contributed by atoms with van der Waals surface area (Å²) in [7, 11) is 0. The molecule has 0 amide bonds. The molecule has 0 saturated carbocycles. The Kier molecular flexibility index (Phi) is 5.19. The molecule has 0 aromatic heterocycles. The molecule has 1 aromatic carbocycles. The standard InChI is InChI=1S/C16H18ClNO4/c1-3-21-15(20)8-9-16(11(2)19)10-14(18-22-16)12-4-6-13(17)7-5-12/h4-7H,3,8-10H2,1-2H3. The third kappa shape index (κ3) is 3.65. The minimum Gasteiger partial charge on any atom is -0.466 e. The van der Waals surface area contributed by atoms with Gasteiger partial charge in [-0.2, -0.15) is 0 Å². The topological polar surface area (TPSA) is 65.0 Å². The van der Waals surface area contributed by atoms with Crippen molar-refractivity contribution in [2.24, 2.45) is 5.16 Å².